The van der Waals surface area contributed by atoms with Crippen molar-refractivity contribution in [3.63, 3.8) is 0 Å². The van der Waals surface area contributed by atoms with Gasteiger partial charge in [-0.1, -0.05) is 60.9 Å². The molecule has 0 spiro atoms. The van der Waals surface area contributed by atoms with Gasteiger partial charge in [0.05, 0.1) is 25.7 Å². The second-order valence-electron chi connectivity index (χ2n) is 8.07. The first-order valence-corrected chi connectivity index (χ1v) is 11.5. The van der Waals surface area contributed by atoms with E-state index in [-0.39, 0.29) is 5.57 Å². The number of ketones is 1. The zero-order valence-corrected chi connectivity index (χ0v) is 19.4. The number of amides is 1. The van der Waals surface area contributed by atoms with Gasteiger partial charge in [0, 0.05) is 18.5 Å². The summed E-state index contributed by atoms with van der Waals surface area (Å²) >= 11 is 0. The molecule has 0 bridgehead atoms. The zero-order valence-electron chi connectivity index (χ0n) is 19.4. The first kappa shape index (κ1) is 24.3. The summed E-state index contributed by atoms with van der Waals surface area (Å²) in [5.74, 6) is -1.15. The van der Waals surface area contributed by atoms with Crippen molar-refractivity contribution in [3.8, 4) is 5.75 Å². The van der Waals surface area contributed by atoms with E-state index in [0.717, 1.165) is 26.1 Å². The van der Waals surface area contributed by atoms with Crippen LogP contribution < -0.4 is 14.7 Å². The highest BCUT2D eigenvalue weighted by Gasteiger charge is 2.44. The van der Waals surface area contributed by atoms with Crippen LogP contribution in [0.5, 0.6) is 5.75 Å². The molecular weight excluding hydrogens is 416 g/mol. The summed E-state index contributed by atoms with van der Waals surface area (Å²) in [5.41, 5.74) is 1.08. The summed E-state index contributed by atoms with van der Waals surface area (Å²) in [6, 6.07) is 15.1. The number of nitrogens with one attached hydrogen (secondary N) is 1. The Hall–Kier alpha value is -3.38. The highest BCUT2D eigenvalue weighted by atomic mass is 16.5. The Labute approximate surface area is 195 Å². The van der Waals surface area contributed by atoms with Crippen LogP contribution in [0.3, 0.4) is 0 Å². The topological polar surface area (TPSA) is 74.1 Å². The van der Waals surface area contributed by atoms with Gasteiger partial charge < -0.3 is 19.6 Å². The average Bonchev–Trinajstić information content (AvgIpc) is 3.10. The molecule has 3 rings (SSSR count). The van der Waals surface area contributed by atoms with E-state index in [9.17, 15) is 14.7 Å². The smallest absolute Gasteiger partial charge is 0.295 e. The van der Waals surface area contributed by atoms with Gasteiger partial charge in [-0.05, 0) is 37.1 Å². The summed E-state index contributed by atoms with van der Waals surface area (Å²) in [5, 5.41) is 13.4. The van der Waals surface area contributed by atoms with Gasteiger partial charge in [0.2, 0.25) is 5.78 Å². The maximum atomic E-state index is 13.4. The Morgan fingerprint density at radius 2 is 1.85 bits per heavy atom. The van der Waals surface area contributed by atoms with Crippen LogP contribution >= 0.6 is 0 Å². The third-order valence-electron chi connectivity index (χ3n) is 6.04. The molecule has 1 fully saturated rings. The molecule has 0 aliphatic carbocycles. The molecule has 0 saturated carbocycles. The number of quaternary nitrogens is 1. The van der Waals surface area contributed by atoms with E-state index < -0.39 is 23.5 Å². The monoisotopic (exact) mass is 448 g/mol. The molecule has 1 aliphatic rings. The maximum Gasteiger partial charge on any atom is 0.295 e. The molecule has 1 amide bonds. The lowest BCUT2D eigenvalue weighted by atomic mass is 9.95. The van der Waals surface area contributed by atoms with E-state index in [1.54, 1.807) is 47.4 Å². The van der Waals surface area contributed by atoms with Gasteiger partial charge in [0.15, 0.2) is 0 Å². The lowest BCUT2D eigenvalue weighted by molar-refractivity contribution is -0.896. The minimum atomic E-state index is -0.739. The van der Waals surface area contributed by atoms with E-state index in [4.69, 9.17) is 4.74 Å². The molecule has 1 aliphatic heterocycles. The number of nitrogens with zero attached hydrogens (tertiary/aromatic N) is 1. The number of Topliss-reactive ketones (excluding diaryl/α,β-unsaturated/α-hetero) is 1. The van der Waals surface area contributed by atoms with Crippen LogP contribution in [0.2, 0.25) is 0 Å². The Morgan fingerprint density at radius 1 is 1.12 bits per heavy atom. The van der Waals surface area contributed by atoms with Gasteiger partial charge in [0.1, 0.15) is 12.4 Å². The Balaban J connectivity index is 2.02. The van der Waals surface area contributed by atoms with Crippen molar-refractivity contribution in [3.05, 3.63) is 84.0 Å². The fourth-order valence-corrected chi connectivity index (χ4v) is 4.22. The molecule has 1 unspecified atom stereocenters. The van der Waals surface area contributed by atoms with Crippen molar-refractivity contribution in [2.75, 3.05) is 32.8 Å². The third-order valence-corrected chi connectivity index (χ3v) is 6.04. The van der Waals surface area contributed by atoms with Crippen molar-refractivity contribution in [2.45, 2.75) is 26.3 Å². The van der Waals surface area contributed by atoms with E-state index >= 15 is 0 Å². The largest absolute Gasteiger partial charge is 0.872 e. The highest BCUT2D eigenvalue weighted by molar-refractivity contribution is 6.46. The van der Waals surface area contributed by atoms with Crippen LogP contribution in [0, 0.1) is 0 Å². The number of rotatable bonds is 11. The van der Waals surface area contributed by atoms with Crippen LogP contribution in [0.15, 0.2) is 72.8 Å². The van der Waals surface area contributed by atoms with Gasteiger partial charge in [0.25, 0.3) is 5.91 Å². The first-order valence-electron chi connectivity index (χ1n) is 11.5. The predicted molar refractivity (Wildman–Crippen MR) is 126 cm³/mol. The Bertz CT molecular complexity index is 1010. The molecule has 0 radical (unpaired) electrons. The molecule has 1 saturated heterocycles. The number of likely N-dealkylation sites (tertiary alicyclic amines) is 1. The van der Waals surface area contributed by atoms with E-state index in [1.807, 2.05) is 18.2 Å². The fourth-order valence-electron chi connectivity index (χ4n) is 4.22. The van der Waals surface area contributed by atoms with Crippen molar-refractivity contribution >= 4 is 17.4 Å². The van der Waals surface area contributed by atoms with Crippen molar-refractivity contribution < 1.29 is 24.3 Å². The summed E-state index contributed by atoms with van der Waals surface area (Å²) < 4.78 is 5.66. The number of hydrogen-bond acceptors (Lipinski definition) is 4. The van der Waals surface area contributed by atoms with E-state index in [2.05, 4.69) is 20.4 Å². The lowest BCUT2D eigenvalue weighted by Gasteiger charge is -2.28. The molecule has 6 nitrogen and oxygen atoms in total. The minimum Gasteiger partial charge on any atom is -0.872 e. The molecule has 2 aromatic rings. The second-order valence-corrected chi connectivity index (χ2v) is 8.07. The van der Waals surface area contributed by atoms with Crippen LogP contribution in [-0.4, -0.2) is 49.4 Å². The summed E-state index contributed by atoms with van der Waals surface area (Å²) in [6.45, 7) is 11.6. The minimum absolute atomic E-state index is 0.00209. The van der Waals surface area contributed by atoms with Crippen LogP contribution in [0.4, 0.5) is 0 Å². The van der Waals surface area contributed by atoms with Gasteiger partial charge in [-0.2, -0.15) is 0 Å². The number of hydrogen-bond donors (Lipinski definition) is 1. The highest BCUT2D eigenvalue weighted by Crippen LogP contribution is 2.39. The number of benzene rings is 2. The number of ether oxygens (including phenoxy) is 1. The molecule has 1 heterocycles. The Morgan fingerprint density at radius 3 is 2.52 bits per heavy atom. The van der Waals surface area contributed by atoms with E-state index in [1.165, 1.54) is 4.90 Å². The molecule has 33 heavy (non-hydrogen) atoms. The average molecular weight is 449 g/mol. The normalized spacial score (nSPS) is 17.5. The number of carbonyl (C=O) groups is 2. The van der Waals surface area contributed by atoms with Crippen LogP contribution in [-0.2, 0) is 9.59 Å². The van der Waals surface area contributed by atoms with Crippen molar-refractivity contribution in [1.82, 2.24) is 4.90 Å². The Kier molecular flexibility index (Phi) is 8.44. The summed E-state index contributed by atoms with van der Waals surface area (Å²) in [4.78, 5) is 29.1. The van der Waals surface area contributed by atoms with Gasteiger partial charge in [-0.3, -0.25) is 9.59 Å². The molecule has 174 valence electrons. The van der Waals surface area contributed by atoms with Gasteiger partial charge in [-0.15, -0.1) is 0 Å². The van der Waals surface area contributed by atoms with Crippen LogP contribution in [0.25, 0.3) is 5.76 Å². The van der Waals surface area contributed by atoms with Crippen LogP contribution in [0.1, 0.15) is 37.4 Å². The summed E-state index contributed by atoms with van der Waals surface area (Å²) in [6.07, 6.45) is 2.39. The SMILES string of the molecule is C=CCOc1cccc(C2/C(=C(\[O-])c3ccccc3)C(=O)C(=O)N2CCC[NH+](CC)CC)c1. The summed E-state index contributed by atoms with van der Waals surface area (Å²) in [7, 11) is 0. The molecule has 2 aromatic carbocycles. The third kappa shape index (κ3) is 5.52. The standard InChI is InChI=1S/C27H32N2O4/c1-4-18-33-22-15-10-14-21(19-22)24-23(25(30)20-12-8-7-9-13-20)26(31)27(32)29(24)17-11-16-28(5-2)6-3/h4,7-10,12-15,19,24,30H,1,5-6,11,16-18H2,2-3H3/b25-23+. The predicted octanol–water partition coefficient (Wildman–Crippen LogP) is 1.79. The fraction of sp³-hybridized carbons (Fsp3) is 0.333. The first-order chi connectivity index (χ1) is 16.0. The maximum absolute atomic E-state index is 13.4. The molecule has 0 aromatic heterocycles. The lowest BCUT2D eigenvalue weighted by Crippen LogP contribution is -3.11. The second kappa shape index (κ2) is 11.5. The molecule has 1 atom stereocenters. The van der Waals surface area contributed by atoms with Gasteiger partial charge >= 0.3 is 0 Å². The number of carbonyl (C=O) groups excluding carboxylic acids is 2. The molecular formula is C27H32N2O4. The zero-order chi connectivity index (χ0) is 23.8. The quantitative estimate of drug-likeness (QED) is 0.246. The van der Waals surface area contributed by atoms with Crippen molar-refractivity contribution in [1.29, 1.82) is 0 Å². The molecule has 1 N–H and O–H groups in total. The van der Waals surface area contributed by atoms with E-state index in [0.29, 0.717) is 30.0 Å². The van der Waals surface area contributed by atoms with Crippen molar-refractivity contribution in [2.24, 2.45) is 0 Å². The molecule has 6 heteroatoms. The van der Waals surface area contributed by atoms with Gasteiger partial charge in [-0.25, -0.2) is 0 Å².